The lowest BCUT2D eigenvalue weighted by Crippen LogP contribution is -2.36. The van der Waals surface area contributed by atoms with Gasteiger partial charge in [-0.05, 0) is 37.5 Å². The van der Waals surface area contributed by atoms with E-state index in [0.29, 0.717) is 6.61 Å². The summed E-state index contributed by atoms with van der Waals surface area (Å²) in [4.78, 5) is 21.7. The van der Waals surface area contributed by atoms with Crippen molar-refractivity contribution in [3.63, 3.8) is 0 Å². The third kappa shape index (κ3) is 1.84. The van der Waals surface area contributed by atoms with Gasteiger partial charge in [0.15, 0.2) is 0 Å². The minimum absolute atomic E-state index is 0.0357. The van der Waals surface area contributed by atoms with Crippen molar-refractivity contribution in [1.82, 2.24) is 0 Å². The first kappa shape index (κ1) is 11.9. The molecule has 16 heavy (non-hydrogen) atoms. The van der Waals surface area contributed by atoms with Gasteiger partial charge < -0.3 is 4.74 Å². The Morgan fingerprint density at radius 2 is 2.00 bits per heavy atom. The number of hydrogen-bond donors (Lipinski definition) is 0. The number of carbonyl (C=O) groups is 1. The number of methoxy groups -OCH3 is 1. The minimum atomic E-state index is -0.232. The van der Waals surface area contributed by atoms with Gasteiger partial charge in [0.2, 0.25) is 0 Å². The molecule has 2 aliphatic carbocycles. The van der Waals surface area contributed by atoms with Crippen LogP contribution < -0.4 is 0 Å². The lowest BCUT2D eigenvalue weighted by atomic mass is 9.69. The van der Waals surface area contributed by atoms with Crippen molar-refractivity contribution in [2.24, 2.45) is 10.8 Å². The van der Waals surface area contributed by atoms with E-state index in [9.17, 15) is 4.79 Å². The van der Waals surface area contributed by atoms with Crippen LogP contribution in [-0.4, -0.2) is 26.8 Å². The Bertz CT molecular complexity index is 278. The van der Waals surface area contributed by atoms with E-state index in [1.54, 1.807) is 0 Å². The van der Waals surface area contributed by atoms with Crippen molar-refractivity contribution in [3.8, 4) is 0 Å². The third-order valence-corrected chi connectivity index (χ3v) is 4.31. The molecule has 0 heterocycles. The van der Waals surface area contributed by atoms with E-state index in [0.717, 1.165) is 38.5 Å². The second-order valence-electron chi connectivity index (χ2n) is 5.23. The average Bonchev–Trinajstić information content (AvgIpc) is 2.59. The monoisotopic (exact) mass is 228 g/mol. The van der Waals surface area contributed by atoms with E-state index in [2.05, 4.69) is 0 Å². The molecule has 0 spiro atoms. The molecule has 2 atom stereocenters. The van der Waals surface area contributed by atoms with Crippen molar-refractivity contribution in [2.45, 2.75) is 38.5 Å². The lowest BCUT2D eigenvalue weighted by molar-refractivity contribution is -0.291. The van der Waals surface area contributed by atoms with Gasteiger partial charge in [-0.15, -0.1) is 0 Å². The van der Waals surface area contributed by atoms with E-state index < -0.39 is 0 Å². The summed E-state index contributed by atoms with van der Waals surface area (Å²) in [5.74, 6) is -0.0357. The maximum Gasteiger partial charge on any atom is 0.311 e. The average molecular weight is 228 g/mol. The smallest absolute Gasteiger partial charge is 0.311 e. The first-order valence-corrected chi connectivity index (χ1v) is 5.90. The molecule has 92 valence electrons. The summed E-state index contributed by atoms with van der Waals surface area (Å²) in [6.07, 6.45) is 6.07. The van der Waals surface area contributed by atoms with E-state index in [1.165, 1.54) is 14.2 Å². The van der Waals surface area contributed by atoms with Crippen LogP contribution in [0.1, 0.15) is 38.5 Å². The number of ether oxygens (including phenoxy) is 1. The molecular weight excluding hydrogens is 208 g/mol. The molecule has 0 aliphatic heterocycles. The van der Waals surface area contributed by atoms with Crippen molar-refractivity contribution < 1.29 is 19.3 Å². The SMILES string of the molecule is COOCC12CCCC(C(=O)OC)(CC1)C2. The highest BCUT2D eigenvalue weighted by Gasteiger charge is 2.55. The van der Waals surface area contributed by atoms with E-state index in [1.807, 2.05) is 0 Å². The Hall–Kier alpha value is -0.610. The predicted molar refractivity (Wildman–Crippen MR) is 57.5 cm³/mol. The van der Waals surface area contributed by atoms with Gasteiger partial charge in [0.1, 0.15) is 0 Å². The van der Waals surface area contributed by atoms with E-state index in [-0.39, 0.29) is 16.8 Å². The summed E-state index contributed by atoms with van der Waals surface area (Å²) < 4.78 is 4.95. The van der Waals surface area contributed by atoms with Gasteiger partial charge in [-0.1, -0.05) is 6.42 Å². The highest BCUT2D eigenvalue weighted by atomic mass is 17.2. The van der Waals surface area contributed by atoms with Gasteiger partial charge in [0.25, 0.3) is 0 Å². The van der Waals surface area contributed by atoms with Crippen molar-refractivity contribution >= 4 is 5.97 Å². The standard InChI is InChI=1S/C12H20O4/c1-14-10(13)12-5-3-4-11(8-12,6-7-12)9-16-15-2/h3-9H2,1-2H3. The second kappa shape index (κ2) is 4.34. The first-order valence-electron chi connectivity index (χ1n) is 5.90. The molecule has 4 nitrogen and oxygen atoms in total. The number of fused-ring (bicyclic) bond motifs is 2. The van der Waals surface area contributed by atoms with Crippen LogP contribution in [0, 0.1) is 10.8 Å². The fourth-order valence-corrected chi connectivity index (χ4v) is 3.50. The highest BCUT2D eigenvalue weighted by molar-refractivity contribution is 5.77. The molecule has 2 rings (SSSR count). The highest BCUT2D eigenvalue weighted by Crippen LogP contribution is 2.59. The fraction of sp³-hybridized carbons (Fsp3) is 0.917. The molecule has 0 N–H and O–H groups in total. The first-order chi connectivity index (χ1) is 7.66. The molecule has 0 radical (unpaired) electrons. The zero-order valence-corrected chi connectivity index (χ0v) is 10.1. The molecule has 2 aliphatic rings. The molecule has 0 saturated heterocycles. The summed E-state index contributed by atoms with van der Waals surface area (Å²) in [6.45, 7) is 0.599. The Labute approximate surface area is 96.2 Å². The molecule has 0 aromatic carbocycles. The molecule has 2 unspecified atom stereocenters. The maximum atomic E-state index is 11.9. The Balaban J connectivity index is 2.09. The predicted octanol–water partition coefficient (Wildman–Crippen LogP) is 2.08. The minimum Gasteiger partial charge on any atom is -0.469 e. The van der Waals surface area contributed by atoms with E-state index in [4.69, 9.17) is 14.5 Å². The number of rotatable bonds is 4. The molecule has 0 aromatic heterocycles. The summed E-state index contributed by atoms with van der Waals surface area (Å²) in [6, 6.07) is 0. The van der Waals surface area contributed by atoms with Gasteiger partial charge in [0.05, 0.1) is 26.2 Å². The van der Waals surface area contributed by atoms with Crippen molar-refractivity contribution in [2.75, 3.05) is 20.8 Å². The third-order valence-electron chi connectivity index (χ3n) is 4.31. The van der Waals surface area contributed by atoms with Gasteiger partial charge in [-0.25, -0.2) is 9.78 Å². The molecule has 2 bridgehead atoms. The maximum absolute atomic E-state index is 11.9. The van der Waals surface area contributed by atoms with Crippen molar-refractivity contribution in [1.29, 1.82) is 0 Å². The fourth-order valence-electron chi connectivity index (χ4n) is 3.50. The van der Waals surface area contributed by atoms with Crippen LogP contribution in [0.5, 0.6) is 0 Å². The molecule has 2 fully saturated rings. The summed E-state index contributed by atoms with van der Waals surface area (Å²) >= 11 is 0. The van der Waals surface area contributed by atoms with Gasteiger partial charge in [-0.2, -0.15) is 0 Å². The normalized spacial score (nSPS) is 37.4. The number of esters is 1. The van der Waals surface area contributed by atoms with Gasteiger partial charge in [-0.3, -0.25) is 4.79 Å². The molecule has 0 amide bonds. The number of carbonyl (C=O) groups excluding carboxylic acids is 1. The summed E-state index contributed by atoms with van der Waals surface area (Å²) in [7, 11) is 3.01. The van der Waals surface area contributed by atoms with E-state index >= 15 is 0 Å². The summed E-state index contributed by atoms with van der Waals surface area (Å²) in [5.41, 5.74) is -0.0907. The Kier molecular flexibility index (Phi) is 3.22. The molecule has 4 heteroatoms. The Morgan fingerprint density at radius 1 is 1.19 bits per heavy atom. The molecular formula is C12H20O4. The van der Waals surface area contributed by atoms with Crippen molar-refractivity contribution in [3.05, 3.63) is 0 Å². The van der Waals surface area contributed by atoms with Gasteiger partial charge in [0, 0.05) is 0 Å². The Morgan fingerprint density at radius 3 is 2.69 bits per heavy atom. The van der Waals surface area contributed by atoms with Crippen LogP contribution in [0.3, 0.4) is 0 Å². The number of hydrogen-bond acceptors (Lipinski definition) is 4. The van der Waals surface area contributed by atoms with Crippen LogP contribution in [0.4, 0.5) is 0 Å². The van der Waals surface area contributed by atoms with Crippen LogP contribution >= 0.6 is 0 Å². The largest absolute Gasteiger partial charge is 0.469 e. The van der Waals surface area contributed by atoms with Crippen LogP contribution in [0.15, 0.2) is 0 Å². The molecule has 2 saturated carbocycles. The van der Waals surface area contributed by atoms with Crippen LogP contribution in [-0.2, 0) is 19.3 Å². The zero-order valence-electron chi connectivity index (χ0n) is 10.1. The topological polar surface area (TPSA) is 44.8 Å². The zero-order chi connectivity index (χ0) is 11.6. The van der Waals surface area contributed by atoms with Crippen LogP contribution in [0.25, 0.3) is 0 Å². The quantitative estimate of drug-likeness (QED) is 0.420. The second-order valence-corrected chi connectivity index (χ2v) is 5.23. The van der Waals surface area contributed by atoms with Crippen LogP contribution in [0.2, 0.25) is 0 Å². The summed E-state index contributed by atoms with van der Waals surface area (Å²) in [5, 5.41) is 0. The molecule has 0 aromatic rings. The lowest BCUT2D eigenvalue weighted by Gasteiger charge is -2.37. The van der Waals surface area contributed by atoms with Gasteiger partial charge >= 0.3 is 5.97 Å².